The van der Waals surface area contributed by atoms with Crippen LogP contribution < -0.4 is 5.32 Å². The first-order chi connectivity index (χ1) is 6.15. The molecule has 0 atom stereocenters. The summed E-state index contributed by atoms with van der Waals surface area (Å²) in [6.45, 7) is 2.24. The van der Waals surface area contributed by atoms with Crippen LogP contribution in [0, 0.1) is 11.8 Å². The van der Waals surface area contributed by atoms with Crippen molar-refractivity contribution in [3.8, 4) is 0 Å². The topological polar surface area (TPSA) is 12.0 Å². The van der Waals surface area contributed by atoms with Gasteiger partial charge in [0.2, 0.25) is 6.43 Å². The van der Waals surface area contributed by atoms with E-state index in [2.05, 4.69) is 12.2 Å². The number of alkyl halides is 2. The summed E-state index contributed by atoms with van der Waals surface area (Å²) >= 11 is 0. The van der Waals surface area contributed by atoms with Crippen molar-refractivity contribution in [3.05, 3.63) is 0 Å². The molecular weight excluding hydrogens is 172 g/mol. The molecule has 1 nitrogen and oxygen atoms in total. The van der Waals surface area contributed by atoms with E-state index >= 15 is 0 Å². The molecule has 2 saturated carbocycles. The highest BCUT2D eigenvalue weighted by atomic mass is 19.3. The van der Waals surface area contributed by atoms with Crippen LogP contribution in [-0.2, 0) is 0 Å². The van der Waals surface area contributed by atoms with Crippen LogP contribution in [0.4, 0.5) is 8.78 Å². The Balaban J connectivity index is 1.59. The minimum absolute atomic E-state index is 0.324. The normalized spacial score (nSPS) is 44.3. The lowest BCUT2D eigenvalue weighted by Crippen LogP contribution is -2.51. The predicted octanol–water partition coefficient (Wildman–Crippen LogP) is 2.42. The molecule has 2 aliphatic carbocycles. The second-order valence-electron chi connectivity index (χ2n) is 4.70. The molecule has 0 unspecified atom stereocenters. The lowest BCUT2D eigenvalue weighted by Gasteiger charge is -2.42. The maximum absolute atomic E-state index is 12.1. The third-order valence-corrected chi connectivity index (χ3v) is 3.38. The van der Waals surface area contributed by atoms with Gasteiger partial charge in [-0.15, -0.1) is 0 Å². The fraction of sp³-hybridized carbons (Fsp3) is 1.00. The zero-order valence-corrected chi connectivity index (χ0v) is 7.97. The van der Waals surface area contributed by atoms with E-state index in [1.165, 1.54) is 12.8 Å². The van der Waals surface area contributed by atoms with Gasteiger partial charge in [-0.3, -0.25) is 0 Å². The summed E-state index contributed by atoms with van der Waals surface area (Å²) in [6.07, 6.45) is 1.73. The van der Waals surface area contributed by atoms with Gasteiger partial charge in [-0.05, 0) is 31.6 Å². The summed E-state index contributed by atoms with van der Waals surface area (Å²) in [4.78, 5) is 0. The Bertz CT molecular complexity index is 172. The summed E-state index contributed by atoms with van der Waals surface area (Å²) in [5.74, 6) is 0.512. The van der Waals surface area contributed by atoms with Crippen molar-refractivity contribution in [1.82, 2.24) is 5.32 Å². The maximum Gasteiger partial charge on any atom is 0.241 e. The van der Waals surface area contributed by atoms with Crippen LogP contribution in [0.2, 0.25) is 0 Å². The Morgan fingerprint density at radius 1 is 1.08 bits per heavy atom. The van der Waals surface area contributed by atoms with E-state index in [4.69, 9.17) is 0 Å². The third-order valence-electron chi connectivity index (χ3n) is 3.38. The number of rotatable bonds is 3. The molecule has 2 fully saturated rings. The number of halogens is 2. The fourth-order valence-electron chi connectivity index (χ4n) is 2.38. The molecule has 0 aromatic carbocycles. The maximum atomic E-state index is 12.1. The third kappa shape index (κ3) is 2.01. The van der Waals surface area contributed by atoms with Gasteiger partial charge in [-0.1, -0.05) is 6.92 Å². The van der Waals surface area contributed by atoms with Crippen molar-refractivity contribution in [2.24, 2.45) is 11.8 Å². The molecule has 2 aliphatic rings. The minimum atomic E-state index is -2.10. The van der Waals surface area contributed by atoms with Gasteiger partial charge in [0.25, 0.3) is 0 Å². The van der Waals surface area contributed by atoms with Gasteiger partial charge in [0.1, 0.15) is 0 Å². The molecule has 1 N–H and O–H groups in total. The van der Waals surface area contributed by atoms with E-state index in [1.54, 1.807) is 0 Å². The molecule has 2 rings (SSSR count). The second kappa shape index (κ2) is 3.52. The summed E-state index contributed by atoms with van der Waals surface area (Å²) in [6, 6.07) is 1.01. The first-order valence-corrected chi connectivity index (χ1v) is 5.19. The smallest absolute Gasteiger partial charge is 0.241 e. The van der Waals surface area contributed by atoms with Crippen molar-refractivity contribution in [2.75, 3.05) is 0 Å². The summed E-state index contributed by atoms with van der Waals surface area (Å²) < 4.78 is 24.2. The molecule has 13 heavy (non-hydrogen) atoms. The molecule has 0 spiro atoms. The van der Waals surface area contributed by atoms with E-state index in [-0.39, 0.29) is 5.92 Å². The Kier molecular flexibility index (Phi) is 2.54. The SMILES string of the molecule is CC1CC(NC2CC(C(F)F)C2)C1. The lowest BCUT2D eigenvalue weighted by atomic mass is 9.76. The quantitative estimate of drug-likeness (QED) is 0.719. The standard InChI is InChI=1S/C10H17F2N/c1-6-2-8(3-6)13-9-4-7(5-9)10(11)12/h6-10,13H,2-5H2,1H3. The zero-order chi connectivity index (χ0) is 9.42. The second-order valence-corrected chi connectivity index (χ2v) is 4.70. The average molecular weight is 189 g/mol. The summed E-state index contributed by atoms with van der Waals surface area (Å²) in [5, 5.41) is 3.43. The molecule has 76 valence electrons. The molecule has 0 aromatic heterocycles. The molecule has 0 aliphatic heterocycles. The van der Waals surface area contributed by atoms with Gasteiger partial charge in [-0.25, -0.2) is 8.78 Å². The number of nitrogens with one attached hydrogen (secondary N) is 1. The van der Waals surface area contributed by atoms with Crippen molar-refractivity contribution < 1.29 is 8.78 Å². The molecular formula is C10H17F2N. The monoisotopic (exact) mass is 189 g/mol. The van der Waals surface area contributed by atoms with Crippen molar-refractivity contribution in [2.45, 2.75) is 51.1 Å². The van der Waals surface area contributed by atoms with Crippen LogP contribution >= 0.6 is 0 Å². The Hall–Kier alpha value is -0.180. The Morgan fingerprint density at radius 3 is 2.08 bits per heavy atom. The molecule has 0 radical (unpaired) electrons. The highest BCUT2D eigenvalue weighted by Gasteiger charge is 2.38. The van der Waals surface area contributed by atoms with Crippen LogP contribution in [0.1, 0.15) is 32.6 Å². The first kappa shape index (κ1) is 9.38. The van der Waals surface area contributed by atoms with Crippen LogP contribution in [-0.4, -0.2) is 18.5 Å². The molecule has 3 heteroatoms. The summed E-state index contributed by atoms with van der Waals surface area (Å²) in [7, 11) is 0. The van der Waals surface area contributed by atoms with Crippen molar-refractivity contribution in [1.29, 1.82) is 0 Å². The first-order valence-electron chi connectivity index (χ1n) is 5.19. The van der Waals surface area contributed by atoms with Gasteiger partial charge in [0, 0.05) is 18.0 Å². The Labute approximate surface area is 77.9 Å². The van der Waals surface area contributed by atoms with E-state index in [1.807, 2.05) is 0 Å². The Morgan fingerprint density at radius 2 is 1.62 bits per heavy atom. The highest BCUT2D eigenvalue weighted by molar-refractivity contribution is 4.92. The molecule has 0 saturated heterocycles. The van der Waals surface area contributed by atoms with Gasteiger partial charge in [0.15, 0.2) is 0 Å². The van der Waals surface area contributed by atoms with Crippen LogP contribution in [0.25, 0.3) is 0 Å². The largest absolute Gasteiger partial charge is 0.311 e. The van der Waals surface area contributed by atoms with E-state index in [9.17, 15) is 8.78 Å². The zero-order valence-electron chi connectivity index (χ0n) is 7.97. The van der Waals surface area contributed by atoms with Gasteiger partial charge < -0.3 is 5.32 Å². The lowest BCUT2D eigenvalue weighted by molar-refractivity contribution is 0.00855. The van der Waals surface area contributed by atoms with Crippen molar-refractivity contribution >= 4 is 0 Å². The molecule has 0 aromatic rings. The molecule has 0 amide bonds. The van der Waals surface area contributed by atoms with Crippen molar-refractivity contribution in [3.63, 3.8) is 0 Å². The predicted molar refractivity (Wildman–Crippen MR) is 47.8 cm³/mol. The van der Waals surface area contributed by atoms with Crippen LogP contribution in [0.3, 0.4) is 0 Å². The van der Waals surface area contributed by atoms with Crippen LogP contribution in [0.5, 0.6) is 0 Å². The van der Waals surface area contributed by atoms with E-state index in [0.29, 0.717) is 24.9 Å². The van der Waals surface area contributed by atoms with Gasteiger partial charge in [-0.2, -0.15) is 0 Å². The fourth-order valence-corrected chi connectivity index (χ4v) is 2.38. The molecule has 0 bridgehead atoms. The van der Waals surface area contributed by atoms with E-state index < -0.39 is 6.43 Å². The van der Waals surface area contributed by atoms with Gasteiger partial charge in [0.05, 0.1) is 0 Å². The average Bonchev–Trinajstić information content (AvgIpc) is 1.90. The van der Waals surface area contributed by atoms with Gasteiger partial charge >= 0.3 is 0 Å². The minimum Gasteiger partial charge on any atom is -0.311 e. The number of hydrogen-bond acceptors (Lipinski definition) is 1. The number of hydrogen-bond donors (Lipinski definition) is 1. The van der Waals surface area contributed by atoms with E-state index in [0.717, 1.165) is 5.92 Å². The summed E-state index contributed by atoms with van der Waals surface area (Å²) in [5.41, 5.74) is 0. The molecule has 0 heterocycles. The highest BCUT2D eigenvalue weighted by Crippen LogP contribution is 2.35. The van der Waals surface area contributed by atoms with Crippen LogP contribution in [0.15, 0.2) is 0 Å².